The number of hydrogen-bond acceptors (Lipinski definition) is 5. The van der Waals surface area contributed by atoms with Gasteiger partial charge in [0.2, 0.25) is 9.84 Å². The predicted molar refractivity (Wildman–Crippen MR) is 125 cm³/mol. The zero-order chi connectivity index (χ0) is 23.7. The summed E-state index contributed by atoms with van der Waals surface area (Å²) >= 11 is 5.79. The molecule has 3 rings (SSSR count). The normalized spacial score (nSPS) is 12.6. The standard InChI is InChI=1S/C22H21ClN2O5S2/c1-14-4-8-19(9-5-14)31(27,28)21-13-18(12-15(2)22(21)26)24-16(3)25-32(29,30)20-10-6-17(23)7-11-20/h4-13,26H,1-3H3,(H,24,25). The van der Waals surface area contributed by atoms with E-state index in [1.54, 1.807) is 19.1 Å². The van der Waals surface area contributed by atoms with Crippen LogP contribution in [0.2, 0.25) is 5.02 Å². The summed E-state index contributed by atoms with van der Waals surface area (Å²) in [6, 6.07) is 14.6. The molecule has 0 aromatic heterocycles. The van der Waals surface area contributed by atoms with Crippen LogP contribution in [0, 0.1) is 13.8 Å². The van der Waals surface area contributed by atoms with Crippen LogP contribution in [0.4, 0.5) is 5.69 Å². The molecule has 32 heavy (non-hydrogen) atoms. The van der Waals surface area contributed by atoms with Gasteiger partial charge in [0.15, 0.2) is 0 Å². The number of sulfone groups is 1. The molecule has 0 unspecified atom stereocenters. The number of aryl methyl sites for hydroxylation is 2. The molecule has 0 saturated heterocycles. The summed E-state index contributed by atoms with van der Waals surface area (Å²) in [4.78, 5) is -0.296. The number of phenols is 1. The fourth-order valence-corrected chi connectivity index (χ4v) is 5.50. The summed E-state index contributed by atoms with van der Waals surface area (Å²) in [7, 11) is -8.01. The second-order valence-electron chi connectivity index (χ2n) is 7.19. The third kappa shape index (κ3) is 5.12. The van der Waals surface area contributed by atoms with Crippen LogP contribution < -0.4 is 5.32 Å². The topological polar surface area (TPSA) is 113 Å². The average Bonchev–Trinajstić information content (AvgIpc) is 2.70. The van der Waals surface area contributed by atoms with Gasteiger partial charge in [0.05, 0.1) is 9.79 Å². The Bertz CT molecular complexity index is 1400. The van der Waals surface area contributed by atoms with Crippen LogP contribution in [0.1, 0.15) is 18.1 Å². The molecule has 0 saturated carbocycles. The van der Waals surface area contributed by atoms with Gasteiger partial charge < -0.3 is 10.4 Å². The molecule has 3 aromatic rings. The van der Waals surface area contributed by atoms with Gasteiger partial charge in [-0.25, -0.2) is 8.42 Å². The van der Waals surface area contributed by atoms with Crippen molar-refractivity contribution < 1.29 is 21.9 Å². The number of rotatable bonds is 5. The van der Waals surface area contributed by atoms with E-state index in [0.29, 0.717) is 10.6 Å². The van der Waals surface area contributed by atoms with E-state index in [1.807, 2.05) is 6.92 Å². The van der Waals surface area contributed by atoms with Gasteiger partial charge in [-0.1, -0.05) is 29.3 Å². The minimum absolute atomic E-state index is 0.0173. The van der Waals surface area contributed by atoms with Crippen molar-refractivity contribution in [3.05, 3.63) is 76.8 Å². The quantitative estimate of drug-likeness (QED) is 0.303. The number of sulfonamides is 1. The van der Waals surface area contributed by atoms with E-state index in [-0.39, 0.29) is 32.0 Å². The smallest absolute Gasteiger partial charge is 0.283 e. The van der Waals surface area contributed by atoms with E-state index in [0.717, 1.165) is 5.56 Å². The van der Waals surface area contributed by atoms with Crippen molar-refractivity contribution in [2.75, 3.05) is 5.32 Å². The van der Waals surface area contributed by atoms with Crippen molar-refractivity contribution in [1.82, 2.24) is 0 Å². The maximum atomic E-state index is 13.1. The van der Waals surface area contributed by atoms with Crippen LogP contribution in [-0.2, 0) is 19.9 Å². The number of hydrogen-bond donors (Lipinski definition) is 2. The van der Waals surface area contributed by atoms with Crippen LogP contribution in [0.3, 0.4) is 0 Å². The molecule has 0 spiro atoms. The van der Waals surface area contributed by atoms with E-state index in [4.69, 9.17) is 11.6 Å². The largest absolute Gasteiger partial charge is 0.506 e. The van der Waals surface area contributed by atoms with Crippen molar-refractivity contribution in [2.45, 2.75) is 35.5 Å². The van der Waals surface area contributed by atoms with Gasteiger partial charge in [-0.2, -0.15) is 8.42 Å². The predicted octanol–water partition coefficient (Wildman–Crippen LogP) is 4.71. The molecule has 3 aromatic carbocycles. The number of halogens is 1. The van der Waals surface area contributed by atoms with Crippen molar-refractivity contribution >= 4 is 43.0 Å². The third-order valence-electron chi connectivity index (χ3n) is 4.58. The number of anilines is 1. The van der Waals surface area contributed by atoms with Crippen LogP contribution in [0.5, 0.6) is 5.75 Å². The molecule has 7 nitrogen and oxygen atoms in total. The highest BCUT2D eigenvalue weighted by Crippen LogP contribution is 2.34. The summed E-state index contributed by atoms with van der Waals surface area (Å²) in [5.41, 5.74) is 1.46. The SMILES string of the molecule is CC(=NS(=O)(=O)c1ccc(Cl)cc1)Nc1cc(C)c(O)c(S(=O)(=O)c2ccc(C)cc2)c1. The van der Waals surface area contributed by atoms with Crippen molar-refractivity contribution in [3.63, 3.8) is 0 Å². The minimum Gasteiger partial charge on any atom is -0.506 e. The van der Waals surface area contributed by atoms with Crippen LogP contribution in [-0.4, -0.2) is 27.8 Å². The summed E-state index contributed by atoms with van der Waals surface area (Å²) < 4.78 is 54.9. The molecule has 0 aliphatic rings. The van der Waals surface area contributed by atoms with Gasteiger partial charge in [-0.05, 0) is 74.9 Å². The van der Waals surface area contributed by atoms with Gasteiger partial charge in [-0.3, -0.25) is 0 Å². The lowest BCUT2D eigenvalue weighted by atomic mass is 10.2. The maximum Gasteiger partial charge on any atom is 0.283 e. The Hall–Kier alpha value is -2.88. The number of aromatic hydroxyl groups is 1. The molecular weight excluding hydrogens is 472 g/mol. The zero-order valence-corrected chi connectivity index (χ0v) is 19.9. The molecule has 0 aliphatic carbocycles. The van der Waals surface area contributed by atoms with E-state index >= 15 is 0 Å². The Morgan fingerprint density at radius 1 is 0.906 bits per heavy atom. The van der Waals surface area contributed by atoms with Gasteiger partial charge in [0.1, 0.15) is 16.5 Å². The second-order valence-corrected chi connectivity index (χ2v) is 11.1. The van der Waals surface area contributed by atoms with E-state index in [2.05, 4.69) is 9.71 Å². The molecule has 10 heteroatoms. The number of phenolic OH excluding ortho intramolecular Hbond substituents is 1. The van der Waals surface area contributed by atoms with Crippen molar-refractivity contribution in [1.29, 1.82) is 0 Å². The number of nitrogens with zero attached hydrogens (tertiary/aromatic N) is 1. The lowest BCUT2D eigenvalue weighted by molar-refractivity contribution is 0.454. The molecule has 0 atom stereocenters. The first-order valence-electron chi connectivity index (χ1n) is 9.40. The number of nitrogens with one attached hydrogen (secondary N) is 1. The zero-order valence-electron chi connectivity index (χ0n) is 17.5. The summed E-state index contributed by atoms with van der Waals surface area (Å²) in [5.74, 6) is -0.358. The molecule has 0 radical (unpaired) electrons. The molecule has 0 fully saturated rings. The number of amidine groups is 1. The first kappa shape index (κ1) is 23.8. The fourth-order valence-electron chi connectivity index (χ4n) is 2.94. The molecule has 0 heterocycles. The van der Waals surface area contributed by atoms with Crippen LogP contribution in [0.25, 0.3) is 0 Å². The summed E-state index contributed by atoms with van der Waals surface area (Å²) in [6.07, 6.45) is 0. The van der Waals surface area contributed by atoms with Gasteiger partial charge in [0, 0.05) is 10.7 Å². The lowest BCUT2D eigenvalue weighted by Gasteiger charge is -2.13. The maximum absolute atomic E-state index is 13.1. The number of benzene rings is 3. The second kappa shape index (κ2) is 8.93. The van der Waals surface area contributed by atoms with Gasteiger partial charge in [0.25, 0.3) is 10.0 Å². The van der Waals surface area contributed by atoms with Crippen molar-refractivity contribution in [2.24, 2.45) is 4.40 Å². The Morgan fingerprint density at radius 2 is 1.47 bits per heavy atom. The lowest BCUT2D eigenvalue weighted by Crippen LogP contribution is -2.12. The monoisotopic (exact) mass is 492 g/mol. The highest BCUT2D eigenvalue weighted by Gasteiger charge is 2.24. The minimum atomic E-state index is -4.01. The molecule has 0 amide bonds. The molecule has 2 N–H and O–H groups in total. The van der Waals surface area contributed by atoms with Crippen LogP contribution >= 0.6 is 11.6 Å². The first-order valence-corrected chi connectivity index (χ1v) is 12.7. The molecule has 168 valence electrons. The Balaban J connectivity index is 1.97. The highest BCUT2D eigenvalue weighted by molar-refractivity contribution is 7.91. The summed E-state index contributed by atoms with van der Waals surface area (Å²) in [6.45, 7) is 4.82. The molecule has 0 aliphatic heterocycles. The van der Waals surface area contributed by atoms with E-state index in [9.17, 15) is 21.9 Å². The highest BCUT2D eigenvalue weighted by atomic mass is 35.5. The first-order chi connectivity index (χ1) is 14.9. The Labute approximate surface area is 192 Å². The Kier molecular flexibility index (Phi) is 6.64. The fraction of sp³-hybridized carbons (Fsp3) is 0.136. The van der Waals surface area contributed by atoms with Gasteiger partial charge >= 0.3 is 0 Å². The average molecular weight is 493 g/mol. The van der Waals surface area contributed by atoms with Crippen LogP contribution in [0.15, 0.2) is 79.7 Å². The molecular formula is C22H21ClN2O5S2. The molecule has 0 bridgehead atoms. The van der Waals surface area contributed by atoms with E-state index < -0.39 is 19.9 Å². The Morgan fingerprint density at radius 3 is 2.06 bits per heavy atom. The van der Waals surface area contributed by atoms with Crippen molar-refractivity contribution in [3.8, 4) is 5.75 Å². The summed E-state index contributed by atoms with van der Waals surface area (Å²) in [5, 5.41) is 13.6. The van der Waals surface area contributed by atoms with E-state index in [1.165, 1.54) is 55.5 Å². The third-order valence-corrected chi connectivity index (χ3v) is 8.00. The van der Waals surface area contributed by atoms with Gasteiger partial charge in [-0.15, -0.1) is 4.40 Å².